The van der Waals surface area contributed by atoms with Gasteiger partial charge in [0.2, 0.25) is 0 Å². The van der Waals surface area contributed by atoms with E-state index in [2.05, 4.69) is 11.9 Å². The number of hydrogen-bond acceptors (Lipinski definition) is 2. The van der Waals surface area contributed by atoms with Crippen molar-refractivity contribution >= 4 is 12.4 Å². The molecule has 0 bridgehead atoms. The van der Waals surface area contributed by atoms with E-state index in [0.29, 0.717) is 6.42 Å². The van der Waals surface area contributed by atoms with Crippen LogP contribution >= 0.6 is 0 Å². The normalized spacial score (nSPS) is 12.1. The second kappa shape index (κ2) is 5.35. The summed E-state index contributed by atoms with van der Waals surface area (Å²) in [6.07, 6.45) is 3.24. The van der Waals surface area contributed by atoms with Crippen molar-refractivity contribution in [3.63, 3.8) is 0 Å². The Labute approximate surface area is 84.6 Å². The predicted molar refractivity (Wildman–Crippen MR) is 59.0 cm³/mol. The van der Waals surface area contributed by atoms with Crippen LogP contribution in [-0.2, 0) is 4.79 Å². The zero-order valence-corrected chi connectivity index (χ0v) is 8.36. The molecule has 0 spiro atoms. The molecule has 2 heteroatoms. The molecule has 1 atom stereocenters. The van der Waals surface area contributed by atoms with E-state index in [4.69, 9.17) is 0 Å². The molecule has 2 nitrogen and oxygen atoms in total. The maximum absolute atomic E-state index is 10.4. The molecule has 0 saturated heterocycles. The standard InChI is InChI=1S/C12H15NO/c1-3-10-4-6-11(7-5-10)12(13-2)8-9-14/h3-7,9,12-13H,1,8H2,2H3. The van der Waals surface area contributed by atoms with Crippen LogP contribution in [0.1, 0.15) is 23.6 Å². The van der Waals surface area contributed by atoms with Gasteiger partial charge in [0.1, 0.15) is 6.29 Å². The van der Waals surface area contributed by atoms with E-state index >= 15 is 0 Å². The van der Waals surface area contributed by atoms with Gasteiger partial charge in [-0.05, 0) is 18.2 Å². The molecule has 0 aromatic heterocycles. The highest BCUT2D eigenvalue weighted by atomic mass is 16.1. The fourth-order valence-electron chi connectivity index (χ4n) is 1.38. The number of hydrogen-bond donors (Lipinski definition) is 1. The van der Waals surface area contributed by atoms with Crippen molar-refractivity contribution in [1.82, 2.24) is 5.32 Å². The molecule has 1 unspecified atom stereocenters. The number of nitrogens with one attached hydrogen (secondary N) is 1. The second-order valence-corrected chi connectivity index (χ2v) is 3.11. The second-order valence-electron chi connectivity index (χ2n) is 3.11. The Morgan fingerprint density at radius 2 is 2.07 bits per heavy atom. The van der Waals surface area contributed by atoms with Crippen LogP contribution in [0.3, 0.4) is 0 Å². The van der Waals surface area contributed by atoms with Gasteiger partial charge in [0.15, 0.2) is 0 Å². The Hall–Kier alpha value is -1.41. The van der Waals surface area contributed by atoms with Crippen LogP contribution in [0.4, 0.5) is 0 Å². The molecule has 0 aliphatic rings. The molecule has 0 amide bonds. The molecule has 1 N–H and O–H groups in total. The van der Waals surface area contributed by atoms with Crippen LogP contribution in [-0.4, -0.2) is 13.3 Å². The van der Waals surface area contributed by atoms with Gasteiger partial charge in [-0.2, -0.15) is 0 Å². The zero-order valence-electron chi connectivity index (χ0n) is 8.36. The first-order chi connectivity index (χ1) is 6.81. The predicted octanol–water partition coefficient (Wildman–Crippen LogP) is 2.18. The van der Waals surface area contributed by atoms with E-state index in [-0.39, 0.29) is 6.04 Å². The van der Waals surface area contributed by atoms with Crippen LogP contribution < -0.4 is 5.32 Å². The summed E-state index contributed by atoms with van der Waals surface area (Å²) in [6, 6.07) is 8.14. The molecule has 0 radical (unpaired) electrons. The molecule has 0 saturated carbocycles. The summed E-state index contributed by atoms with van der Waals surface area (Å²) in [6.45, 7) is 3.69. The minimum absolute atomic E-state index is 0.117. The highest BCUT2D eigenvalue weighted by Crippen LogP contribution is 2.16. The Morgan fingerprint density at radius 1 is 1.43 bits per heavy atom. The van der Waals surface area contributed by atoms with Gasteiger partial charge in [-0.1, -0.05) is 36.9 Å². The van der Waals surface area contributed by atoms with E-state index < -0.39 is 0 Å². The molecular weight excluding hydrogens is 174 g/mol. The maximum atomic E-state index is 10.4. The first-order valence-corrected chi connectivity index (χ1v) is 4.65. The van der Waals surface area contributed by atoms with Gasteiger partial charge < -0.3 is 10.1 Å². The van der Waals surface area contributed by atoms with Gasteiger partial charge >= 0.3 is 0 Å². The third kappa shape index (κ3) is 2.54. The fraction of sp³-hybridized carbons (Fsp3) is 0.250. The van der Waals surface area contributed by atoms with Crippen molar-refractivity contribution in [3.05, 3.63) is 42.0 Å². The van der Waals surface area contributed by atoms with Gasteiger partial charge in [0.25, 0.3) is 0 Å². The Kier molecular flexibility index (Phi) is 4.08. The summed E-state index contributed by atoms with van der Waals surface area (Å²) >= 11 is 0. The SMILES string of the molecule is C=Cc1ccc(C(CC=O)NC)cc1. The summed E-state index contributed by atoms with van der Waals surface area (Å²) in [5.74, 6) is 0. The molecule has 0 aliphatic carbocycles. The van der Waals surface area contributed by atoms with Gasteiger partial charge in [-0.15, -0.1) is 0 Å². The Balaban J connectivity index is 2.82. The highest BCUT2D eigenvalue weighted by Gasteiger charge is 2.06. The molecular formula is C12H15NO. The zero-order chi connectivity index (χ0) is 10.4. The van der Waals surface area contributed by atoms with Crippen LogP contribution in [0.5, 0.6) is 0 Å². The lowest BCUT2D eigenvalue weighted by Gasteiger charge is -2.13. The van der Waals surface area contributed by atoms with Gasteiger partial charge in [-0.25, -0.2) is 0 Å². The van der Waals surface area contributed by atoms with Gasteiger partial charge in [-0.3, -0.25) is 0 Å². The van der Waals surface area contributed by atoms with Crippen molar-refractivity contribution < 1.29 is 4.79 Å². The fourth-order valence-corrected chi connectivity index (χ4v) is 1.38. The minimum atomic E-state index is 0.117. The molecule has 14 heavy (non-hydrogen) atoms. The van der Waals surface area contributed by atoms with E-state index in [9.17, 15) is 4.79 Å². The van der Waals surface area contributed by atoms with Crippen molar-refractivity contribution in [1.29, 1.82) is 0 Å². The van der Waals surface area contributed by atoms with Gasteiger partial charge in [0.05, 0.1) is 0 Å². The molecule has 1 aromatic carbocycles. The van der Waals surface area contributed by atoms with E-state index in [1.54, 1.807) is 6.08 Å². The van der Waals surface area contributed by atoms with E-state index in [1.807, 2.05) is 31.3 Å². The molecule has 1 aromatic rings. The number of carbonyl (C=O) groups excluding carboxylic acids is 1. The van der Waals surface area contributed by atoms with Gasteiger partial charge in [0, 0.05) is 12.5 Å². The summed E-state index contributed by atoms with van der Waals surface area (Å²) in [7, 11) is 1.86. The highest BCUT2D eigenvalue weighted by molar-refractivity contribution is 5.52. The van der Waals surface area contributed by atoms with Crippen LogP contribution in [0, 0.1) is 0 Å². The average Bonchev–Trinajstić information content (AvgIpc) is 2.26. The molecule has 74 valence electrons. The molecule has 0 aliphatic heterocycles. The van der Waals surface area contributed by atoms with Crippen LogP contribution in [0.25, 0.3) is 6.08 Å². The van der Waals surface area contributed by atoms with Crippen molar-refractivity contribution in [2.24, 2.45) is 0 Å². The molecule has 0 fully saturated rings. The average molecular weight is 189 g/mol. The topological polar surface area (TPSA) is 29.1 Å². The smallest absolute Gasteiger partial charge is 0.121 e. The summed E-state index contributed by atoms with van der Waals surface area (Å²) in [4.78, 5) is 10.4. The molecule has 0 heterocycles. The third-order valence-electron chi connectivity index (χ3n) is 2.25. The van der Waals surface area contributed by atoms with Crippen molar-refractivity contribution in [2.75, 3.05) is 7.05 Å². The third-order valence-corrected chi connectivity index (χ3v) is 2.25. The van der Waals surface area contributed by atoms with Crippen molar-refractivity contribution in [2.45, 2.75) is 12.5 Å². The lowest BCUT2D eigenvalue weighted by Crippen LogP contribution is -2.16. The minimum Gasteiger partial charge on any atom is -0.313 e. The van der Waals surface area contributed by atoms with E-state index in [0.717, 1.165) is 17.4 Å². The van der Waals surface area contributed by atoms with Crippen molar-refractivity contribution in [3.8, 4) is 0 Å². The largest absolute Gasteiger partial charge is 0.313 e. The number of benzene rings is 1. The Morgan fingerprint density at radius 3 is 2.50 bits per heavy atom. The first-order valence-electron chi connectivity index (χ1n) is 4.65. The quantitative estimate of drug-likeness (QED) is 0.719. The summed E-state index contributed by atoms with van der Waals surface area (Å²) in [5, 5.41) is 3.10. The number of carbonyl (C=O) groups is 1. The summed E-state index contributed by atoms with van der Waals surface area (Å²) < 4.78 is 0. The monoisotopic (exact) mass is 189 g/mol. The summed E-state index contributed by atoms with van der Waals surface area (Å²) in [5.41, 5.74) is 2.22. The first kappa shape index (κ1) is 10.7. The maximum Gasteiger partial charge on any atom is 0.121 e. The lowest BCUT2D eigenvalue weighted by atomic mass is 10.0. The number of rotatable bonds is 5. The van der Waals surface area contributed by atoms with E-state index in [1.165, 1.54) is 0 Å². The van der Waals surface area contributed by atoms with Crippen LogP contribution in [0.2, 0.25) is 0 Å². The van der Waals surface area contributed by atoms with Crippen LogP contribution in [0.15, 0.2) is 30.8 Å². The molecule has 1 rings (SSSR count). The number of aldehydes is 1. The lowest BCUT2D eigenvalue weighted by molar-refractivity contribution is -0.108. The Bertz CT molecular complexity index is 303.